The van der Waals surface area contributed by atoms with Crippen molar-refractivity contribution in [1.82, 2.24) is 0 Å². The van der Waals surface area contributed by atoms with E-state index in [2.05, 4.69) is 5.32 Å². The first kappa shape index (κ1) is 17.2. The predicted octanol–water partition coefficient (Wildman–Crippen LogP) is 4.10. The van der Waals surface area contributed by atoms with Crippen LogP contribution in [0.1, 0.15) is 11.1 Å². The van der Waals surface area contributed by atoms with E-state index < -0.39 is 10.8 Å². The van der Waals surface area contributed by atoms with Gasteiger partial charge in [-0.15, -0.1) is 0 Å². The second kappa shape index (κ2) is 7.40. The number of nitriles is 1. The minimum atomic E-state index is -0.688. The lowest BCUT2D eigenvalue weighted by atomic mass is 10.1. The lowest BCUT2D eigenvalue weighted by molar-refractivity contribution is -0.385. The highest BCUT2D eigenvalue weighted by Crippen LogP contribution is 2.26. The van der Waals surface area contributed by atoms with Gasteiger partial charge in [0.05, 0.1) is 21.2 Å². The van der Waals surface area contributed by atoms with Gasteiger partial charge >= 0.3 is 0 Å². The Balaban J connectivity index is 2.37. The zero-order chi connectivity index (χ0) is 17.7. The lowest BCUT2D eigenvalue weighted by Crippen LogP contribution is -2.14. The molecule has 1 N–H and O–H groups in total. The summed E-state index contributed by atoms with van der Waals surface area (Å²) in [6.07, 6.45) is 1.18. The second-order valence-corrected chi connectivity index (χ2v) is 5.28. The minimum Gasteiger partial charge on any atom is -0.320 e. The van der Waals surface area contributed by atoms with E-state index in [1.807, 2.05) is 0 Å². The molecule has 0 unspecified atom stereocenters. The van der Waals surface area contributed by atoms with E-state index in [9.17, 15) is 20.2 Å². The molecule has 0 spiro atoms. The van der Waals surface area contributed by atoms with E-state index in [1.54, 1.807) is 37.3 Å². The number of carbonyl (C=O) groups is 1. The normalized spacial score (nSPS) is 10.8. The molecule has 2 aromatic rings. The Bertz CT molecular complexity index is 865. The van der Waals surface area contributed by atoms with Crippen molar-refractivity contribution in [3.63, 3.8) is 0 Å². The van der Waals surface area contributed by atoms with Gasteiger partial charge in [0, 0.05) is 6.07 Å². The molecule has 0 saturated carbocycles. The van der Waals surface area contributed by atoms with Crippen LogP contribution in [0, 0.1) is 28.4 Å². The summed E-state index contributed by atoms with van der Waals surface area (Å²) in [6, 6.07) is 12.7. The van der Waals surface area contributed by atoms with Crippen LogP contribution in [0.25, 0.3) is 6.08 Å². The fourth-order valence-electron chi connectivity index (χ4n) is 2.05. The van der Waals surface area contributed by atoms with Crippen LogP contribution in [-0.4, -0.2) is 10.8 Å². The molecule has 0 radical (unpaired) electrons. The number of aryl methyl sites for hydroxylation is 1. The predicted molar refractivity (Wildman–Crippen MR) is 91.5 cm³/mol. The number of nitro groups is 1. The Morgan fingerprint density at radius 1 is 1.29 bits per heavy atom. The van der Waals surface area contributed by atoms with Crippen LogP contribution < -0.4 is 5.32 Å². The Hall–Kier alpha value is -3.17. The number of para-hydroxylation sites is 2. The highest BCUT2D eigenvalue weighted by Gasteiger charge is 2.16. The van der Waals surface area contributed by atoms with Gasteiger partial charge in [0.1, 0.15) is 11.6 Å². The molecule has 0 heterocycles. The quantitative estimate of drug-likeness (QED) is 0.392. The van der Waals surface area contributed by atoms with Gasteiger partial charge in [0.25, 0.3) is 11.6 Å². The van der Waals surface area contributed by atoms with Crippen molar-refractivity contribution >= 4 is 35.0 Å². The van der Waals surface area contributed by atoms with Gasteiger partial charge < -0.3 is 5.32 Å². The maximum absolute atomic E-state index is 12.3. The number of amides is 1. The Labute approximate surface area is 143 Å². The second-order valence-electron chi connectivity index (χ2n) is 4.87. The molecular weight excluding hydrogens is 330 g/mol. The maximum Gasteiger partial charge on any atom is 0.276 e. The van der Waals surface area contributed by atoms with Crippen molar-refractivity contribution in [1.29, 1.82) is 5.26 Å². The molecule has 1 amide bonds. The van der Waals surface area contributed by atoms with E-state index in [1.165, 1.54) is 24.3 Å². The summed E-state index contributed by atoms with van der Waals surface area (Å²) in [4.78, 5) is 22.7. The molecule has 6 nitrogen and oxygen atoms in total. The number of anilines is 1. The highest BCUT2D eigenvalue weighted by molar-refractivity contribution is 6.34. The molecule has 24 heavy (non-hydrogen) atoms. The number of nitrogens with zero attached hydrogens (tertiary/aromatic N) is 2. The van der Waals surface area contributed by atoms with Crippen molar-refractivity contribution in [2.75, 3.05) is 5.32 Å². The fraction of sp³-hybridized carbons (Fsp3) is 0.0588. The van der Waals surface area contributed by atoms with Crippen molar-refractivity contribution in [3.05, 3.63) is 74.3 Å². The maximum atomic E-state index is 12.3. The molecule has 2 aromatic carbocycles. The van der Waals surface area contributed by atoms with Crippen molar-refractivity contribution in [3.8, 4) is 6.07 Å². The summed E-state index contributed by atoms with van der Waals surface area (Å²) in [6.45, 7) is 1.76. The Kier molecular flexibility index (Phi) is 5.30. The van der Waals surface area contributed by atoms with Crippen LogP contribution in [0.15, 0.2) is 48.0 Å². The molecule has 2 rings (SSSR count). The van der Waals surface area contributed by atoms with E-state index in [-0.39, 0.29) is 16.8 Å². The number of carbonyl (C=O) groups excluding carboxylic acids is 1. The number of halogens is 1. The smallest absolute Gasteiger partial charge is 0.276 e. The van der Waals surface area contributed by atoms with Gasteiger partial charge in [-0.2, -0.15) is 5.26 Å². The first-order valence-corrected chi connectivity index (χ1v) is 7.23. The summed E-state index contributed by atoms with van der Waals surface area (Å²) < 4.78 is 0. The molecule has 0 atom stereocenters. The fourth-order valence-corrected chi connectivity index (χ4v) is 2.32. The Morgan fingerprint density at radius 2 is 2.00 bits per heavy atom. The van der Waals surface area contributed by atoms with E-state index >= 15 is 0 Å². The number of rotatable bonds is 4. The molecule has 0 bridgehead atoms. The molecule has 0 aliphatic carbocycles. The molecule has 0 aromatic heterocycles. The van der Waals surface area contributed by atoms with Crippen LogP contribution >= 0.6 is 11.6 Å². The number of hydrogen-bond acceptors (Lipinski definition) is 4. The zero-order valence-corrected chi connectivity index (χ0v) is 13.4. The molecule has 120 valence electrons. The van der Waals surface area contributed by atoms with Gasteiger partial charge in [-0.1, -0.05) is 35.9 Å². The third kappa shape index (κ3) is 3.77. The van der Waals surface area contributed by atoms with Gasteiger partial charge in [-0.3, -0.25) is 14.9 Å². The van der Waals surface area contributed by atoms with Gasteiger partial charge in [-0.25, -0.2) is 0 Å². The summed E-state index contributed by atoms with van der Waals surface area (Å²) in [5, 5.41) is 23.1. The van der Waals surface area contributed by atoms with Crippen molar-refractivity contribution in [2.45, 2.75) is 6.92 Å². The van der Waals surface area contributed by atoms with E-state index in [0.717, 1.165) is 5.56 Å². The van der Waals surface area contributed by atoms with Crippen molar-refractivity contribution < 1.29 is 9.72 Å². The van der Waals surface area contributed by atoms with Crippen LogP contribution in [0.5, 0.6) is 0 Å². The summed E-state index contributed by atoms with van der Waals surface area (Å²) in [5.41, 5.74) is 0.854. The monoisotopic (exact) mass is 341 g/mol. The third-order valence-corrected chi connectivity index (χ3v) is 3.57. The molecular formula is C17H12ClN3O3. The number of nitrogens with one attached hydrogen (secondary N) is 1. The van der Waals surface area contributed by atoms with Gasteiger partial charge in [0.15, 0.2) is 0 Å². The van der Waals surface area contributed by atoms with Crippen LogP contribution in [-0.2, 0) is 4.79 Å². The van der Waals surface area contributed by atoms with Gasteiger partial charge in [-0.05, 0) is 30.7 Å². The molecule has 0 aliphatic heterocycles. The summed E-state index contributed by atoms with van der Waals surface area (Å²) in [7, 11) is 0. The Morgan fingerprint density at radius 3 is 2.62 bits per heavy atom. The summed E-state index contributed by atoms with van der Waals surface area (Å²) >= 11 is 6.04. The number of benzene rings is 2. The molecule has 0 saturated heterocycles. The average molecular weight is 342 g/mol. The zero-order valence-electron chi connectivity index (χ0n) is 12.6. The minimum absolute atomic E-state index is 0.171. The topological polar surface area (TPSA) is 96.0 Å². The van der Waals surface area contributed by atoms with E-state index in [0.29, 0.717) is 10.7 Å². The van der Waals surface area contributed by atoms with Crippen LogP contribution in [0.4, 0.5) is 11.4 Å². The molecule has 7 heteroatoms. The average Bonchev–Trinajstić information content (AvgIpc) is 2.56. The third-order valence-electron chi connectivity index (χ3n) is 3.26. The molecule has 0 aliphatic rings. The largest absolute Gasteiger partial charge is 0.320 e. The van der Waals surface area contributed by atoms with Crippen LogP contribution in [0.2, 0.25) is 5.02 Å². The van der Waals surface area contributed by atoms with Gasteiger partial charge in [0.2, 0.25) is 0 Å². The van der Waals surface area contributed by atoms with Crippen molar-refractivity contribution in [2.24, 2.45) is 0 Å². The van der Waals surface area contributed by atoms with Crippen LogP contribution in [0.3, 0.4) is 0 Å². The summed E-state index contributed by atoms with van der Waals surface area (Å²) in [5.74, 6) is -0.688. The SMILES string of the molecule is Cc1cccc(Cl)c1NC(=O)/C(C#N)=C/c1ccccc1[N+](=O)[O-]. The number of hydrogen-bond donors (Lipinski definition) is 1. The molecule has 0 fully saturated rings. The number of nitro benzene ring substituents is 1. The first-order valence-electron chi connectivity index (χ1n) is 6.85. The first-order chi connectivity index (χ1) is 11.4. The standard InChI is InChI=1S/C17H12ClN3O3/c1-11-5-4-7-14(18)16(11)20-17(22)13(10-19)9-12-6-2-3-8-15(12)21(23)24/h2-9H,1H3,(H,20,22)/b13-9+. The lowest BCUT2D eigenvalue weighted by Gasteiger charge is -2.09. The highest BCUT2D eigenvalue weighted by atomic mass is 35.5. The van der Waals surface area contributed by atoms with E-state index in [4.69, 9.17) is 11.6 Å².